The van der Waals surface area contributed by atoms with Gasteiger partial charge in [0.25, 0.3) is 11.3 Å². The van der Waals surface area contributed by atoms with Gasteiger partial charge in [0.2, 0.25) is 5.95 Å². The summed E-state index contributed by atoms with van der Waals surface area (Å²) in [4.78, 5) is 23.1. The van der Waals surface area contributed by atoms with Crippen LogP contribution in [0.25, 0.3) is 5.78 Å². The Morgan fingerprint density at radius 1 is 1.21 bits per heavy atom. The van der Waals surface area contributed by atoms with Crippen LogP contribution in [0.3, 0.4) is 0 Å². The Labute approximate surface area is 109 Å². The van der Waals surface area contributed by atoms with Crippen molar-refractivity contribution in [3.63, 3.8) is 0 Å². The normalized spacial score (nSPS) is 20.1. The first kappa shape index (κ1) is 11.0. The SMILES string of the molecule is O=c1cc(C2CC2)nc2nc(N3CCNCC3)[nH]n12. The minimum absolute atomic E-state index is 0.0687. The topological polar surface area (TPSA) is 78.3 Å². The van der Waals surface area contributed by atoms with Gasteiger partial charge in [-0.1, -0.05) is 0 Å². The number of rotatable bonds is 2. The highest BCUT2D eigenvalue weighted by Crippen LogP contribution is 2.38. The third-order valence-corrected chi connectivity index (χ3v) is 3.75. The molecule has 2 aromatic rings. The zero-order valence-electron chi connectivity index (χ0n) is 10.6. The van der Waals surface area contributed by atoms with E-state index in [1.165, 1.54) is 4.52 Å². The molecule has 2 aliphatic rings. The lowest BCUT2D eigenvalue weighted by Gasteiger charge is -2.26. The molecule has 100 valence electrons. The van der Waals surface area contributed by atoms with Crippen LogP contribution >= 0.6 is 0 Å². The lowest BCUT2D eigenvalue weighted by Crippen LogP contribution is -2.44. The van der Waals surface area contributed by atoms with E-state index in [4.69, 9.17) is 0 Å². The highest BCUT2D eigenvalue weighted by Gasteiger charge is 2.26. The van der Waals surface area contributed by atoms with Crippen LogP contribution in [0, 0.1) is 0 Å². The molecule has 2 N–H and O–H groups in total. The minimum Gasteiger partial charge on any atom is -0.339 e. The van der Waals surface area contributed by atoms with E-state index in [0.717, 1.165) is 50.7 Å². The predicted octanol–water partition coefficient (Wildman–Crippen LogP) is -0.295. The van der Waals surface area contributed by atoms with Gasteiger partial charge in [-0.25, -0.2) is 4.98 Å². The lowest BCUT2D eigenvalue weighted by molar-refractivity contribution is 0.579. The third-order valence-electron chi connectivity index (χ3n) is 3.75. The van der Waals surface area contributed by atoms with Crippen LogP contribution in [0.1, 0.15) is 24.5 Å². The summed E-state index contributed by atoms with van der Waals surface area (Å²) in [6.45, 7) is 3.66. The van der Waals surface area contributed by atoms with Gasteiger partial charge in [0.1, 0.15) is 0 Å². The number of nitrogens with one attached hydrogen (secondary N) is 2. The number of aromatic nitrogens is 4. The molecule has 0 unspecified atom stereocenters. The Hall–Kier alpha value is -1.89. The van der Waals surface area contributed by atoms with Crippen molar-refractivity contribution in [2.24, 2.45) is 0 Å². The molecule has 7 heteroatoms. The fourth-order valence-corrected chi connectivity index (χ4v) is 2.49. The van der Waals surface area contributed by atoms with Crippen molar-refractivity contribution in [1.82, 2.24) is 24.9 Å². The molecule has 2 aromatic heterocycles. The molecule has 0 amide bonds. The van der Waals surface area contributed by atoms with Gasteiger partial charge in [-0.3, -0.25) is 9.89 Å². The van der Waals surface area contributed by atoms with Crippen LogP contribution in [-0.2, 0) is 0 Å². The fraction of sp³-hybridized carbons (Fsp3) is 0.583. The zero-order valence-corrected chi connectivity index (χ0v) is 10.6. The molecule has 1 saturated carbocycles. The maximum absolute atomic E-state index is 12.0. The Morgan fingerprint density at radius 3 is 2.74 bits per heavy atom. The predicted molar refractivity (Wildman–Crippen MR) is 70.7 cm³/mol. The van der Waals surface area contributed by atoms with E-state index in [-0.39, 0.29) is 5.56 Å². The van der Waals surface area contributed by atoms with Crippen LogP contribution in [-0.4, -0.2) is 45.8 Å². The Kier molecular flexibility index (Phi) is 2.34. The van der Waals surface area contributed by atoms with Gasteiger partial charge >= 0.3 is 0 Å². The van der Waals surface area contributed by atoms with E-state index in [9.17, 15) is 4.79 Å². The highest BCUT2D eigenvalue weighted by atomic mass is 16.1. The number of aromatic amines is 1. The van der Waals surface area contributed by atoms with Crippen LogP contribution in [0.15, 0.2) is 10.9 Å². The molecule has 3 heterocycles. The Balaban J connectivity index is 1.77. The van der Waals surface area contributed by atoms with Crippen LogP contribution in [0.2, 0.25) is 0 Å². The van der Waals surface area contributed by atoms with Gasteiger partial charge in [0, 0.05) is 38.2 Å². The fourth-order valence-electron chi connectivity index (χ4n) is 2.49. The average Bonchev–Trinajstić information content (AvgIpc) is 3.19. The summed E-state index contributed by atoms with van der Waals surface area (Å²) in [5.41, 5.74) is 0.823. The lowest BCUT2D eigenvalue weighted by atomic mass is 10.3. The van der Waals surface area contributed by atoms with E-state index >= 15 is 0 Å². The standard InChI is InChI=1S/C12H16N6O/c19-10-7-9(8-1-2-8)14-11-15-12(16-18(10)11)17-5-3-13-4-6-17/h7-8,13H,1-6H2,(H,14,15,16). The first-order valence-electron chi connectivity index (χ1n) is 6.77. The number of nitrogens with zero attached hydrogens (tertiary/aromatic N) is 4. The summed E-state index contributed by atoms with van der Waals surface area (Å²) < 4.78 is 1.43. The molecule has 0 bridgehead atoms. The first-order chi connectivity index (χ1) is 9.31. The van der Waals surface area contributed by atoms with Gasteiger partial charge < -0.3 is 10.2 Å². The quantitative estimate of drug-likeness (QED) is 0.775. The average molecular weight is 260 g/mol. The molecule has 0 aromatic carbocycles. The van der Waals surface area contributed by atoms with Crippen LogP contribution < -0.4 is 15.8 Å². The molecule has 2 fully saturated rings. The van der Waals surface area contributed by atoms with Crippen molar-refractivity contribution in [1.29, 1.82) is 0 Å². The monoisotopic (exact) mass is 260 g/mol. The Morgan fingerprint density at radius 2 is 2.00 bits per heavy atom. The smallest absolute Gasteiger partial charge is 0.274 e. The molecule has 19 heavy (non-hydrogen) atoms. The number of fused-ring (bicyclic) bond motifs is 1. The van der Waals surface area contributed by atoms with E-state index in [0.29, 0.717) is 11.7 Å². The van der Waals surface area contributed by atoms with Crippen LogP contribution in [0.4, 0.5) is 5.95 Å². The molecule has 1 aliphatic heterocycles. The summed E-state index contributed by atoms with van der Waals surface area (Å²) in [6.07, 6.45) is 2.27. The van der Waals surface area contributed by atoms with Crippen molar-refractivity contribution < 1.29 is 0 Å². The van der Waals surface area contributed by atoms with Gasteiger partial charge in [-0.05, 0) is 12.8 Å². The largest absolute Gasteiger partial charge is 0.339 e. The molecule has 4 rings (SSSR count). The van der Waals surface area contributed by atoms with Gasteiger partial charge in [0.05, 0.1) is 5.69 Å². The number of hydrogen-bond donors (Lipinski definition) is 2. The Bertz CT molecular complexity index is 664. The van der Waals surface area contributed by atoms with E-state index in [1.54, 1.807) is 6.07 Å². The number of H-pyrrole nitrogens is 1. The van der Waals surface area contributed by atoms with Crippen molar-refractivity contribution in [3.8, 4) is 0 Å². The number of anilines is 1. The molecule has 1 saturated heterocycles. The van der Waals surface area contributed by atoms with Crippen molar-refractivity contribution in [3.05, 3.63) is 22.1 Å². The second-order valence-corrected chi connectivity index (χ2v) is 5.21. The second kappa shape index (κ2) is 4.06. The third kappa shape index (κ3) is 1.90. The molecular weight excluding hydrogens is 244 g/mol. The van der Waals surface area contributed by atoms with Crippen LogP contribution in [0.5, 0.6) is 0 Å². The second-order valence-electron chi connectivity index (χ2n) is 5.21. The van der Waals surface area contributed by atoms with E-state index < -0.39 is 0 Å². The highest BCUT2D eigenvalue weighted by molar-refractivity contribution is 5.40. The van der Waals surface area contributed by atoms with E-state index in [1.807, 2.05) is 0 Å². The molecule has 0 atom stereocenters. The molecule has 7 nitrogen and oxygen atoms in total. The number of piperazine rings is 1. The van der Waals surface area contributed by atoms with Crippen molar-refractivity contribution in [2.45, 2.75) is 18.8 Å². The molecule has 0 spiro atoms. The zero-order chi connectivity index (χ0) is 12.8. The maximum atomic E-state index is 12.0. The summed E-state index contributed by atoms with van der Waals surface area (Å²) in [6, 6.07) is 1.63. The van der Waals surface area contributed by atoms with Gasteiger partial charge in [-0.2, -0.15) is 9.50 Å². The molecular formula is C12H16N6O. The molecule has 1 aliphatic carbocycles. The molecule has 0 radical (unpaired) electrons. The van der Waals surface area contributed by atoms with Crippen molar-refractivity contribution >= 4 is 11.7 Å². The van der Waals surface area contributed by atoms with Gasteiger partial charge in [-0.15, -0.1) is 0 Å². The number of hydrogen-bond acceptors (Lipinski definition) is 5. The van der Waals surface area contributed by atoms with E-state index in [2.05, 4.69) is 25.3 Å². The maximum Gasteiger partial charge on any atom is 0.274 e. The summed E-state index contributed by atoms with van der Waals surface area (Å²) >= 11 is 0. The summed E-state index contributed by atoms with van der Waals surface area (Å²) in [5.74, 6) is 1.69. The summed E-state index contributed by atoms with van der Waals surface area (Å²) in [7, 11) is 0. The van der Waals surface area contributed by atoms with Gasteiger partial charge in [0.15, 0.2) is 0 Å². The minimum atomic E-state index is -0.0687. The summed E-state index contributed by atoms with van der Waals surface area (Å²) in [5, 5.41) is 6.34. The first-order valence-corrected chi connectivity index (χ1v) is 6.77. The van der Waals surface area contributed by atoms with Crippen molar-refractivity contribution in [2.75, 3.05) is 31.1 Å².